The number of halogens is 8. The van der Waals surface area contributed by atoms with E-state index in [1.54, 1.807) is 30.3 Å². The maximum absolute atomic E-state index is 14.2. The second-order valence-corrected chi connectivity index (χ2v) is 7.06. The summed E-state index contributed by atoms with van der Waals surface area (Å²) in [4.78, 5) is 0. The van der Waals surface area contributed by atoms with Gasteiger partial charge in [-0.1, -0.05) is 35.5 Å². The number of rotatable bonds is 4. The summed E-state index contributed by atoms with van der Waals surface area (Å²) in [5.74, 6) is -12.7. The molecule has 0 aliphatic carbocycles. The molecule has 33 heavy (non-hydrogen) atoms. The van der Waals surface area contributed by atoms with Crippen molar-refractivity contribution in [1.29, 1.82) is 0 Å². The second-order valence-electron chi connectivity index (χ2n) is 7.06. The topological polar surface area (TPSA) is 66.5 Å². The van der Waals surface area contributed by atoms with Crippen molar-refractivity contribution in [3.8, 4) is 11.3 Å². The number of hydrogen-bond donors (Lipinski definition) is 1. The molecule has 1 N–H and O–H groups in total. The third kappa shape index (κ3) is 3.69. The van der Waals surface area contributed by atoms with E-state index < -0.39 is 70.4 Å². The fourth-order valence-corrected chi connectivity index (χ4v) is 3.24. The molecule has 6 nitrogen and oxygen atoms in total. The van der Waals surface area contributed by atoms with Crippen molar-refractivity contribution in [2.45, 2.75) is 24.9 Å². The average Bonchev–Trinajstić information content (AvgIpc) is 3.37. The third-order valence-electron chi connectivity index (χ3n) is 4.85. The SMILES string of the molecule is OC1(C(F)(F)F)CC(Cn2cc(-c3ccccc3)nn2)=NN1c1c(F)c(F)c(F)c(F)c1F. The highest BCUT2D eigenvalue weighted by Gasteiger charge is 2.63. The first kappa shape index (κ1) is 22.6. The lowest BCUT2D eigenvalue weighted by Crippen LogP contribution is -2.55. The van der Waals surface area contributed by atoms with Crippen LogP contribution in [0, 0.1) is 29.1 Å². The number of hydrogen-bond acceptors (Lipinski definition) is 5. The third-order valence-corrected chi connectivity index (χ3v) is 4.85. The van der Waals surface area contributed by atoms with E-state index in [0.717, 1.165) is 4.68 Å². The van der Waals surface area contributed by atoms with E-state index in [1.165, 1.54) is 6.20 Å². The minimum absolute atomic E-state index is 0.344. The van der Waals surface area contributed by atoms with E-state index in [0.29, 0.717) is 11.3 Å². The van der Waals surface area contributed by atoms with Crippen LogP contribution in [-0.4, -0.2) is 37.7 Å². The largest absolute Gasteiger partial charge is 0.438 e. The molecule has 2 heterocycles. The van der Waals surface area contributed by atoms with Crippen LogP contribution in [0.2, 0.25) is 0 Å². The molecular formula is C19H11F8N5O. The summed E-state index contributed by atoms with van der Waals surface area (Å²) in [5.41, 5.74) is -5.65. The quantitative estimate of drug-likeness (QED) is 0.348. The molecule has 3 aromatic rings. The second kappa shape index (κ2) is 7.79. The molecule has 4 rings (SSSR count). The van der Waals surface area contributed by atoms with Crippen LogP contribution in [0.25, 0.3) is 11.3 Å². The Morgan fingerprint density at radius 2 is 1.48 bits per heavy atom. The predicted octanol–water partition coefficient (Wildman–Crippen LogP) is 4.16. The van der Waals surface area contributed by atoms with Gasteiger partial charge in [0.15, 0.2) is 23.3 Å². The van der Waals surface area contributed by atoms with Gasteiger partial charge >= 0.3 is 6.18 Å². The number of anilines is 1. The summed E-state index contributed by atoms with van der Waals surface area (Å²) < 4.78 is 111. The van der Waals surface area contributed by atoms with Crippen LogP contribution in [0.4, 0.5) is 40.8 Å². The average molecular weight is 477 g/mol. The van der Waals surface area contributed by atoms with Crippen LogP contribution < -0.4 is 5.01 Å². The maximum Gasteiger partial charge on any atom is 0.438 e. The lowest BCUT2D eigenvalue weighted by atomic mass is 10.1. The van der Waals surface area contributed by atoms with Gasteiger partial charge in [0.25, 0.3) is 5.72 Å². The van der Waals surface area contributed by atoms with Gasteiger partial charge in [0.2, 0.25) is 5.82 Å². The highest BCUT2D eigenvalue weighted by molar-refractivity contribution is 5.89. The van der Waals surface area contributed by atoms with Gasteiger partial charge in [-0.15, -0.1) is 5.10 Å². The fraction of sp³-hybridized carbons (Fsp3) is 0.211. The van der Waals surface area contributed by atoms with E-state index in [9.17, 15) is 40.2 Å². The van der Waals surface area contributed by atoms with Crippen LogP contribution in [0.15, 0.2) is 41.6 Å². The zero-order valence-electron chi connectivity index (χ0n) is 16.1. The number of benzene rings is 2. The zero-order chi connectivity index (χ0) is 24.1. The molecule has 1 atom stereocenters. The standard InChI is InChI=1S/C19H11F8N5O/c20-12-13(21)15(23)17(16(24)14(12)22)32-18(33,19(25,26)27)6-10(29-32)7-31-8-11(28-30-31)9-4-2-1-3-5-9/h1-5,8,33H,6-7H2. The summed E-state index contributed by atoms with van der Waals surface area (Å²) in [6.07, 6.45) is -5.60. The van der Waals surface area contributed by atoms with Gasteiger partial charge in [-0.05, 0) is 0 Å². The number of aliphatic hydroxyl groups is 1. The Kier molecular flexibility index (Phi) is 5.35. The molecule has 0 amide bonds. The van der Waals surface area contributed by atoms with Crippen LogP contribution in [0.5, 0.6) is 0 Å². The van der Waals surface area contributed by atoms with Crippen molar-refractivity contribution in [1.82, 2.24) is 15.0 Å². The Labute approximate surface area is 179 Å². The minimum atomic E-state index is -5.59. The van der Waals surface area contributed by atoms with Gasteiger partial charge in [0.1, 0.15) is 11.4 Å². The molecule has 1 aromatic heterocycles. The summed E-state index contributed by atoms with van der Waals surface area (Å²) >= 11 is 0. The molecule has 1 unspecified atom stereocenters. The van der Waals surface area contributed by atoms with Crippen LogP contribution in [-0.2, 0) is 6.54 Å². The molecule has 14 heteroatoms. The first-order chi connectivity index (χ1) is 15.4. The van der Waals surface area contributed by atoms with Crippen LogP contribution in [0.1, 0.15) is 6.42 Å². The first-order valence-electron chi connectivity index (χ1n) is 9.06. The summed E-state index contributed by atoms with van der Waals surface area (Å²) in [6, 6.07) is 8.54. The van der Waals surface area contributed by atoms with Crippen LogP contribution in [0.3, 0.4) is 0 Å². The smallest absolute Gasteiger partial charge is 0.362 e. The molecule has 1 aliphatic heterocycles. The number of alkyl halides is 3. The van der Waals surface area contributed by atoms with Crippen molar-refractivity contribution in [2.75, 3.05) is 5.01 Å². The Morgan fingerprint density at radius 3 is 2.06 bits per heavy atom. The van der Waals surface area contributed by atoms with E-state index in [4.69, 9.17) is 0 Å². The predicted molar refractivity (Wildman–Crippen MR) is 97.2 cm³/mol. The molecule has 0 saturated carbocycles. The van der Waals surface area contributed by atoms with Gasteiger partial charge in [-0.3, -0.25) is 0 Å². The minimum Gasteiger partial charge on any atom is -0.362 e. The lowest BCUT2D eigenvalue weighted by Gasteiger charge is -2.34. The summed E-state index contributed by atoms with van der Waals surface area (Å²) in [7, 11) is 0. The van der Waals surface area contributed by atoms with Crippen molar-refractivity contribution in [3.63, 3.8) is 0 Å². The molecule has 2 aromatic carbocycles. The van der Waals surface area contributed by atoms with Gasteiger partial charge in [-0.25, -0.2) is 31.6 Å². The van der Waals surface area contributed by atoms with Gasteiger partial charge in [-0.2, -0.15) is 18.3 Å². The highest BCUT2D eigenvalue weighted by atomic mass is 19.4. The fourth-order valence-electron chi connectivity index (χ4n) is 3.24. The van der Waals surface area contributed by atoms with Gasteiger partial charge in [0.05, 0.1) is 18.5 Å². The van der Waals surface area contributed by atoms with Crippen molar-refractivity contribution in [2.24, 2.45) is 5.10 Å². The number of nitrogens with zero attached hydrogens (tertiary/aromatic N) is 5. The van der Waals surface area contributed by atoms with Crippen LogP contribution >= 0.6 is 0 Å². The number of hydrazone groups is 1. The van der Waals surface area contributed by atoms with E-state index in [2.05, 4.69) is 15.4 Å². The van der Waals surface area contributed by atoms with E-state index >= 15 is 0 Å². The molecule has 1 aliphatic rings. The van der Waals surface area contributed by atoms with E-state index in [-0.39, 0.29) is 0 Å². The first-order valence-corrected chi connectivity index (χ1v) is 9.06. The molecular weight excluding hydrogens is 466 g/mol. The normalized spacial score (nSPS) is 18.7. The van der Waals surface area contributed by atoms with Gasteiger partial charge in [0, 0.05) is 12.0 Å². The van der Waals surface area contributed by atoms with Gasteiger partial charge < -0.3 is 5.11 Å². The monoisotopic (exact) mass is 477 g/mol. The maximum atomic E-state index is 14.2. The highest BCUT2D eigenvalue weighted by Crippen LogP contribution is 2.45. The molecule has 0 bridgehead atoms. The Morgan fingerprint density at radius 1 is 0.909 bits per heavy atom. The molecule has 0 spiro atoms. The lowest BCUT2D eigenvalue weighted by molar-refractivity contribution is -0.254. The molecule has 0 saturated heterocycles. The van der Waals surface area contributed by atoms with Crippen molar-refractivity contribution < 1.29 is 40.2 Å². The Bertz CT molecular complexity index is 1210. The number of aromatic nitrogens is 3. The van der Waals surface area contributed by atoms with E-state index in [1.807, 2.05) is 0 Å². The summed E-state index contributed by atoms with van der Waals surface area (Å²) in [6.45, 7) is -0.524. The molecule has 0 radical (unpaired) electrons. The summed E-state index contributed by atoms with van der Waals surface area (Å²) in [5, 5.41) is 20.5. The molecule has 0 fully saturated rings. The zero-order valence-corrected chi connectivity index (χ0v) is 16.1. The van der Waals surface area contributed by atoms with Crippen molar-refractivity contribution in [3.05, 3.63) is 65.6 Å². The van der Waals surface area contributed by atoms with Crippen molar-refractivity contribution >= 4 is 11.4 Å². The Balaban J connectivity index is 1.74. The Hall–Kier alpha value is -3.55. The molecule has 174 valence electrons.